The van der Waals surface area contributed by atoms with Crippen LogP contribution in [0.3, 0.4) is 0 Å². The number of nitrogens with zero attached hydrogens (tertiary/aromatic N) is 1. The van der Waals surface area contributed by atoms with Crippen molar-refractivity contribution >= 4 is 18.3 Å². The van der Waals surface area contributed by atoms with Crippen molar-refractivity contribution in [3.63, 3.8) is 0 Å². The molecule has 1 heterocycles. The van der Waals surface area contributed by atoms with Crippen molar-refractivity contribution in [2.24, 2.45) is 0 Å². The van der Waals surface area contributed by atoms with Crippen LogP contribution < -0.4 is 0 Å². The van der Waals surface area contributed by atoms with E-state index in [1.165, 1.54) is 0 Å². The maximum atomic E-state index is 13.2. The number of aryl methyl sites for hydroxylation is 1. The van der Waals surface area contributed by atoms with Crippen LogP contribution in [0.1, 0.15) is 32.8 Å². The minimum Gasteiger partial charge on any atom is -0.412 e. The number of hydrogen-bond acceptors (Lipinski definition) is 3. The van der Waals surface area contributed by atoms with Crippen LogP contribution in [-0.4, -0.2) is 39.7 Å². The Morgan fingerprint density at radius 1 is 1.30 bits per heavy atom. The van der Waals surface area contributed by atoms with Gasteiger partial charge in [0.05, 0.1) is 17.0 Å². The molecule has 4 nitrogen and oxygen atoms in total. The summed E-state index contributed by atoms with van der Waals surface area (Å²) in [6.45, 7) is 17.1. The summed E-state index contributed by atoms with van der Waals surface area (Å²) >= 11 is 0. The molecule has 0 aromatic heterocycles. The van der Waals surface area contributed by atoms with Gasteiger partial charge in [0.15, 0.2) is 8.32 Å². The van der Waals surface area contributed by atoms with E-state index < -0.39 is 18.3 Å². The van der Waals surface area contributed by atoms with E-state index in [1.807, 2.05) is 37.3 Å². The van der Waals surface area contributed by atoms with Crippen molar-refractivity contribution in [2.45, 2.75) is 69.3 Å². The van der Waals surface area contributed by atoms with Crippen LogP contribution >= 0.6 is 0 Å². The van der Waals surface area contributed by atoms with Gasteiger partial charge >= 0.3 is 0 Å². The lowest BCUT2D eigenvalue weighted by molar-refractivity contribution is 0.131. The molecule has 0 unspecified atom stereocenters. The third-order valence-corrected chi connectivity index (χ3v) is 12.0. The highest BCUT2D eigenvalue weighted by atomic mass is 32.2. The molecule has 2 atom stereocenters. The van der Waals surface area contributed by atoms with E-state index in [0.717, 1.165) is 5.56 Å². The predicted molar refractivity (Wildman–Crippen MR) is 115 cm³/mol. The minimum atomic E-state index is -3.59. The zero-order valence-electron chi connectivity index (χ0n) is 17.4. The van der Waals surface area contributed by atoms with E-state index >= 15 is 0 Å². The highest BCUT2D eigenvalue weighted by Gasteiger charge is 2.43. The van der Waals surface area contributed by atoms with Crippen molar-refractivity contribution in [1.82, 2.24) is 4.31 Å². The summed E-state index contributed by atoms with van der Waals surface area (Å²) in [5.74, 6) is 0. The molecule has 0 bridgehead atoms. The number of hydrogen-bond donors (Lipinski definition) is 0. The summed E-state index contributed by atoms with van der Waals surface area (Å²) in [7, 11) is -5.64. The molecule has 0 radical (unpaired) electrons. The van der Waals surface area contributed by atoms with E-state index in [2.05, 4.69) is 40.4 Å². The van der Waals surface area contributed by atoms with E-state index in [1.54, 1.807) is 16.4 Å². The zero-order valence-corrected chi connectivity index (χ0v) is 19.2. The molecule has 0 N–H and O–H groups in total. The van der Waals surface area contributed by atoms with Crippen LogP contribution in [0.4, 0.5) is 0 Å². The third-order valence-electron chi connectivity index (χ3n) is 5.61. The molecular formula is C21H33NO3SSi. The van der Waals surface area contributed by atoms with Gasteiger partial charge in [0.2, 0.25) is 10.0 Å². The van der Waals surface area contributed by atoms with Crippen LogP contribution in [0.5, 0.6) is 0 Å². The van der Waals surface area contributed by atoms with Crippen molar-refractivity contribution in [1.29, 1.82) is 0 Å². The average Bonchev–Trinajstić information content (AvgIpc) is 3.04. The fraction of sp³-hybridized carbons (Fsp3) is 0.524. The maximum Gasteiger partial charge on any atom is 0.243 e. The normalized spacial score (nSPS) is 20.0. The summed E-state index contributed by atoms with van der Waals surface area (Å²) in [5, 5.41) is 0.0510. The summed E-state index contributed by atoms with van der Waals surface area (Å²) in [6, 6.07) is 6.70. The van der Waals surface area contributed by atoms with Gasteiger partial charge in [0.1, 0.15) is 0 Å². The number of benzene rings is 1. The fourth-order valence-electron chi connectivity index (χ4n) is 2.91. The average molecular weight is 408 g/mol. The molecule has 27 heavy (non-hydrogen) atoms. The molecule has 0 amide bonds. The van der Waals surface area contributed by atoms with Crippen LogP contribution in [0.25, 0.3) is 0 Å². The van der Waals surface area contributed by atoms with Crippen LogP contribution in [0.15, 0.2) is 54.0 Å². The lowest BCUT2D eigenvalue weighted by Gasteiger charge is -2.41. The topological polar surface area (TPSA) is 46.6 Å². The Morgan fingerprint density at radius 3 is 2.41 bits per heavy atom. The predicted octanol–water partition coefficient (Wildman–Crippen LogP) is 4.89. The van der Waals surface area contributed by atoms with Gasteiger partial charge in [0, 0.05) is 6.54 Å². The third kappa shape index (κ3) is 4.80. The molecule has 0 spiro atoms. The van der Waals surface area contributed by atoms with E-state index in [-0.39, 0.29) is 17.2 Å². The molecule has 6 heteroatoms. The van der Waals surface area contributed by atoms with Crippen molar-refractivity contribution in [3.05, 3.63) is 54.6 Å². The molecule has 0 saturated heterocycles. The van der Waals surface area contributed by atoms with Crippen molar-refractivity contribution in [2.75, 3.05) is 6.54 Å². The van der Waals surface area contributed by atoms with Gasteiger partial charge in [-0.2, -0.15) is 4.31 Å². The van der Waals surface area contributed by atoms with Gasteiger partial charge < -0.3 is 4.43 Å². The smallest absolute Gasteiger partial charge is 0.243 e. The second kappa shape index (κ2) is 8.03. The Morgan fingerprint density at radius 2 is 1.89 bits per heavy atom. The van der Waals surface area contributed by atoms with E-state index in [0.29, 0.717) is 17.9 Å². The molecule has 0 fully saturated rings. The molecule has 1 aliphatic heterocycles. The second-order valence-corrected chi connectivity index (χ2v) is 15.4. The second-order valence-electron chi connectivity index (χ2n) is 8.75. The Balaban J connectivity index is 2.34. The van der Waals surface area contributed by atoms with Gasteiger partial charge in [-0.15, -0.1) is 6.58 Å². The first-order chi connectivity index (χ1) is 12.4. The monoisotopic (exact) mass is 407 g/mol. The number of sulfonamides is 1. The summed E-state index contributed by atoms with van der Waals surface area (Å²) in [4.78, 5) is 0.325. The molecule has 1 aliphatic rings. The molecule has 0 aliphatic carbocycles. The summed E-state index contributed by atoms with van der Waals surface area (Å²) in [6.07, 6.45) is 6.08. The maximum absolute atomic E-state index is 13.2. The minimum absolute atomic E-state index is 0.0510. The highest BCUT2D eigenvalue weighted by Crippen LogP contribution is 2.39. The van der Waals surface area contributed by atoms with Crippen molar-refractivity contribution in [3.8, 4) is 0 Å². The standard InChI is InChI=1S/C21H33NO3SSi/c1-8-10-20(25-27(6,7)21(3,4)5)19-11-9-16-22(19)26(23,24)18-14-12-17(2)13-15-18/h8-9,11-15,19-20H,1,10,16H2,2-7H3/t19-,20+/m0/s1. The summed E-state index contributed by atoms with van der Waals surface area (Å²) < 4.78 is 34.7. The van der Waals surface area contributed by atoms with Gasteiger partial charge in [0.25, 0.3) is 0 Å². The van der Waals surface area contributed by atoms with Crippen LogP contribution in [-0.2, 0) is 14.4 Å². The van der Waals surface area contributed by atoms with Gasteiger partial charge in [-0.1, -0.05) is 56.7 Å². The first kappa shape index (κ1) is 22.1. The first-order valence-corrected chi connectivity index (χ1v) is 13.8. The highest BCUT2D eigenvalue weighted by molar-refractivity contribution is 7.89. The van der Waals surface area contributed by atoms with E-state index in [4.69, 9.17) is 4.43 Å². The Hall–Kier alpha value is -1.21. The zero-order chi connectivity index (χ0) is 20.5. The fourth-order valence-corrected chi connectivity index (χ4v) is 5.82. The Kier molecular flexibility index (Phi) is 6.57. The van der Waals surface area contributed by atoms with Crippen LogP contribution in [0.2, 0.25) is 18.1 Å². The van der Waals surface area contributed by atoms with E-state index in [9.17, 15) is 8.42 Å². The molecule has 0 saturated carbocycles. The first-order valence-electron chi connectivity index (χ1n) is 9.44. The molecule has 2 rings (SSSR count). The lowest BCUT2D eigenvalue weighted by atomic mass is 10.1. The lowest BCUT2D eigenvalue weighted by Crippen LogP contribution is -2.51. The molecule has 1 aromatic rings. The summed E-state index contributed by atoms with van der Waals surface area (Å²) in [5.41, 5.74) is 1.04. The van der Waals surface area contributed by atoms with Gasteiger partial charge in [-0.05, 0) is 43.6 Å². The Bertz CT molecular complexity index is 792. The SMILES string of the molecule is C=CC[C@@H](O[Si](C)(C)C(C)(C)C)[C@@H]1C=CCN1S(=O)(=O)c1ccc(C)cc1. The molecule has 150 valence electrons. The van der Waals surface area contributed by atoms with Gasteiger partial charge in [-0.3, -0.25) is 0 Å². The molecular weight excluding hydrogens is 374 g/mol. The number of rotatable bonds is 7. The van der Waals surface area contributed by atoms with Crippen molar-refractivity contribution < 1.29 is 12.8 Å². The Labute approximate surface area is 166 Å². The largest absolute Gasteiger partial charge is 0.412 e. The molecule has 1 aromatic carbocycles. The van der Waals surface area contributed by atoms with Crippen LogP contribution in [0, 0.1) is 6.92 Å². The van der Waals surface area contributed by atoms with Gasteiger partial charge in [-0.25, -0.2) is 8.42 Å². The quantitative estimate of drug-likeness (QED) is 0.477.